The van der Waals surface area contributed by atoms with Crippen molar-refractivity contribution in [3.8, 4) is 0 Å². The normalized spacial score (nSPS) is 28.8. The number of nitrogens with zero attached hydrogens (tertiary/aromatic N) is 2. The highest BCUT2D eigenvalue weighted by Gasteiger charge is 2.32. The number of piperazine rings is 1. The summed E-state index contributed by atoms with van der Waals surface area (Å²) in [6, 6.07) is 8.42. The minimum absolute atomic E-state index is 0.119. The first-order chi connectivity index (χ1) is 9.25. The Kier molecular flexibility index (Phi) is 3.96. The number of benzene rings is 1. The molecular weight excluding hydrogens is 260 g/mol. The predicted octanol–water partition coefficient (Wildman–Crippen LogP) is 2.38. The molecule has 0 aromatic heterocycles. The van der Waals surface area contributed by atoms with Crippen LogP contribution in [-0.4, -0.2) is 48.3 Å². The lowest BCUT2D eigenvalue weighted by molar-refractivity contribution is 0.0671. The number of rotatable bonds is 2. The molecule has 1 aliphatic heterocycles. The Labute approximate surface area is 119 Å². The molecule has 1 heterocycles. The third-order valence-electron chi connectivity index (χ3n) is 4.42. The van der Waals surface area contributed by atoms with E-state index in [0.717, 1.165) is 56.2 Å². The fourth-order valence-corrected chi connectivity index (χ4v) is 3.60. The first-order valence-corrected chi connectivity index (χ1v) is 7.55. The van der Waals surface area contributed by atoms with Crippen molar-refractivity contribution in [2.24, 2.45) is 0 Å². The first kappa shape index (κ1) is 13.2. The smallest absolute Gasteiger partial charge is 0.0695 e. The molecule has 2 fully saturated rings. The van der Waals surface area contributed by atoms with Crippen LogP contribution >= 0.6 is 11.6 Å². The second kappa shape index (κ2) is 5.70. The van der Waals surface area contributed by atoms with E-state index in [-0.39, 0.29) is 6.10 Å². The molecule has 104 valence electrons. The van der Waals surface area contributed by atoms with E-state index in [4.69, 9.17) is 11.6 Å². The van der Waals surface area contributed by atoms with Gasteiger partial charge >= 0.3 is 0 Å². The van der Waals surface area contributed by atoms with Crippen LogP contribution in [0.1, 0.15) is 19.3 Å². The SMILES string of the molecule is OC1CCCC1N1CCN(c2ccccc2Cl)CC1. The van der Waals surface area contributed by atoms with Crippen LogP contribution in [0.2, 0.25) is 5.02 Å². The van der Waals surface area contributed by atoms with Crippen LogP contribution in [0.25, 0.3) is 0 Å². The number of para-hydroxylation sites is 1. The lowest BCUT2D eigenvalue weighted by atomic mass is 10.1. The number of anilines is 1. The fourth-order valence-electron chi connectivity index (χ4n) is 3.35. The highest BCUT2D eigenvalue weighted by atomic mass is 35.5. The Morgan fingerprint density at radius 3 is 2.42 bits per heavy atom. The Hall–Kier alpha value is -0.770. The molecule has 1 aromatic rings. The van der Waals surface area contributed by atoms with Gasteiger partial charge in [-0.1, -0.05) is 23.7 Å². The highest BCUT2D eigenvalue weighted by Crippen LogP contribution is 2.29. The van der Waals surface area contributed by atoms with Gasteiger partial charge < -0.3 is 10.0 Å². The van der Waals surface area contributed by atoms with Gasteiger partial charge in [0.15, 0.2) is 0 Å². The maximum absolute atomic E-state index is 9.99. The van der Waals surface area contributed by atoms with E-state index >= 15 is 0 Å². The van der Waals surface area contributed by atoms with E-state index in [1.165, 1.54) is 0 Å². The standard InChI is InChI=1S/C15H21ClN2O/c16-12-4-1-2-5-13(12)17-8-10-18(11-9-17)14-6-3-7-15(14)19/h1-2,4-5,14-15,19H,3,6-11H2. The van der Waals surface area contributed by atoms with Crippen LogP contribution in [0.15, 0.2) is 24.3 Å². The maximum Gasteiger partial charge on any atom is 0.0695 e. The van der Waals surface area contributed by atoms with E-state index in [1.54, 1.807) is 0 Å². The summed E-state index contributed by atoms with van der Waals surface area (Å²) < 4.78 is 0. The van der Waals surface area contributed by atoms with Crippen molar-refractivity contribution in [3.63, 3.8) is 0 Å². The quantitative estimate of drug-likeness (QED) is 0.901. The molecule has 1 saturated carbocycles. The van der Waals surface area contributed by atoms with Crippen LogP contribution in [0.5, 0.6) is 0 Å². The molecule has 1 saturated heterocycles. The van der Waals surface area contributed by atoms with Crippen molar-refractivity contribution in [2.75, 3.05) is 31.1 Å². The topological polar surface area (TPSA) is 26.7 Å². The summed E-state index contributed by atoms with van der Waals surface area (Å²) in [6.45, 7) is 4.03. The van der Waals surface area contributed by atoms with Gasteiger partial charge in [-0.15, -0.1) is 0 Å². The van der Waals surface area contributed by atoms with Gasteiger partial charge in [0.1, 0.15) is 0 Å². The van der Waals surface area contributed by atoms with Crippen LogP contribution < -0.4 is 4.90 Å². The molecule has 2 unspecified atom stereocenters. The highest BCUT2D eigenvalue weighted by molar-refractivity contribution is 6.33. The van der Waals surface area contributed by atoms with Gasteiger partial charge in [-0.2, -0.15) is 0 Å². The summed E-state index contributed by atoms with van der Waals surface area (Å²) in [5, 5.41) is 10.8. The second-order valence-electron chi connectivity index (χ2n) is 5.54. The summed E-state index contributed by atoms with van der Waals surface area (Å²) in [5.41, 5.74) is 1.13. The summed E-state index contributed by atoms with van der Waals surface area (Å²) in [4.78, 5) is 4.80. The summed E-state index contributed by atoms with van der Waals surface area (Å²) in [7, 11) is 0. The summed E-state index contributed by atoms with van der Waals surface area (Å²) >= 11 is 6.25. The van der Waals surface area contributed by atoms with Crippen molar-refractivity contribution in [3.05, 3.63) is 29.3 Å². The molecule has 2 aliphatic rings. The number of aliphatic hydroxyl groups is 1. The van der Waals surface area contributed by atoms with Gasteiger partial charge in [-0.3, -0.25) is 4.90 Å². The fraction of sp³-hybridized carbons (Fsp3) is 0.600. The Balaban J connectivity index is 1.62. The molecule has 19 heavy (non-hydrogen) atoms. The van der Waals surface area contributed by atoms with Gasteiger partial charge in [0.2, 0.25) is 0 Å². The predicted molar refractivity (Wildman–Crippen MR) is 78.9 cm³/mol. The van der Waals surface area contributed by atoms with Gasteiger partial charge in [-0.05, 0) is 31.4 Å². The molecule has 0 spiro atoms. The molecule has 2 atom stereocenters. The van der Waals surface area contributed by atoms with E-state index < -0.39 is 0 Å². The van der Waals surface area contributed by atoms with Crippen LogP contribution in [0.4, 0.5) is 5.69 Å². The van der Waals surface area contributed by atoms with Crippen molar-refractivity contribution in [1.82, 2.24) is 4.90 Å². The molecule has 3 nitrogen and oxygen atoms in total. The Morgan fingerprint density at radius 1 is 1.05 bits per heavy atom. The van der Waals surface area contributed by atoms with Gasteiger partial charge in [-0.25, -0.2) is 0 Å². The zero-order valence-electron chi connectivity index (χ0n) is 11.1. The van der Waals surface area contributed by atoms with E-state index in [0.29, 0.717) is 6.04 Å². The minimum Gasteiger partial charge on any atom is -0.391 e. The molecule has 0 amide bonds. The zero-order valence-corrected chi connectivity index (χ0v) is 11.9. The number of aliphatic hydroxyl groups excluding tert-OH is 1. The molecule has 0 bridgehead atoms. The molecule has 1 aromatic carbocycles. The van der Waals surface area contributed by atoms with Crippen molar-refractivity contribution in [2.45, 2.75) is 31.4 Å². The second-order valence-corrected chi connectivity index (χ2v) is 5.95. The zero-order chi connectivity index (χ0) is 13.2. The molecule has 3 rings (SSSR count). The third kappa shape index (κ3) is 2.73. The number of hydrogen-bond donors (Lipinski definition) is 1. The lowest BCUT2D eigenvalue weighted by Gasteiger charge is -2.40. The largest absolute Gasteiger partial charge is 0.391 e. The molecule has 0 radical (unpaired) electrons. The van der Waals surface area contributed by atoms with E-state index in [9.17, 15) is 5.11 Å². The summed E-state index contributed by atoms with van der Waals surface area (Å²) in [5.74, 6) is 0. The van der Waals surface area contributed by atoms with Gasteiger partial charge in [0, 0.05) is 32.2 Å². The average Bonchev–Trinajstić information content (AvgIpc) is 2.86. The number of hydrogen-bond acceptors (Lipinski definition) is 3. The molecular formula is C15H21ClN2O. The van der Waals surface area contributed by atoms with Crippen LogP contribution in [-0.2, 0) is 0 Å². The molecule has 1 N–H and O–H groups in total. The Morgan fingerprint density at radius 2 is 1.79 bits per heavy atom. The molecule has 4 heteroatoms. The van der Waals surface area contributed by atoms with E-state index in [1.807, 2.05) is 18.2 Å². The van der Waals surface area contributed by atoms with Crippen LogP contribution in [0.3, 0.4) is 0 Å². The van der Waals surface area contributed by atoms with Crippen molar-refractivity contribution in [1.29, 1.82) is 0 Å². The van der Waals surface area contributed by atoms with Gasteiger partial charge in [0.05, 0.1) is 16.8 Å². The van der Waals surface area contributed by atoms with E-state index in [2.05, 4.69) is 15.9 Å². The van der Waals surface area contributed by atoms with Crippen LogP contribution in [0, 0.1) is 0 Å². The van der Waals surface area contributed by atoms with Crippen molar-refractivity contribution < 1.29 is 5.11 Å². The molecule has 1 aliphatic carbocycles. The minimum atomic E-state index is -0.119. The monoisotopic (exact) mass is 280 g/mol. The first-order valence-electron chi connectivity index (χ1n) is 7.17. The Bertz CT molecular complexity index is 432. The lowest BCUT2D eigenvalue weighted by Crippen LogP contribution is -2.52. The van der Waals surface area contributed by atoms with Gasteiger partial charge in [0.25, 0.3) is 0 Å². The summed E-state index contributed by atoms with van der Waals surface area (Å²) in [6.07, 6.45) is 3.16. The maximum atomic E-state index is 9.99. The van der Waals surface area contributed by atoms with Crippen molar-refractivity contribution >= 4 is 17.3 Å². The number of halogens is 1. The average molecular weight is 281 g/mol. The third-order valence-corrected chi connectivity index (χ3v) is 4.74.